The van der Waals surface area contributed by atoms with E-state index in [0.717, 1.165) is 16.6 Å². The highest BCUT2D eigenvalue weighted by atomic mass is 35.5. The van der Waals surface area contributed by atoms with Crippen molar-refractivity contribution in [1.29, 1.82) is 0 Å². The third-order valence-electron chi connectivity index (χ3n) is 3.19. The van der Waals surface area contributed by atoms with Crippen LogP contribution in [0.25, 0.3) is 0 Å². The minimum atomic E-state index is 0.200. The number of nitrogens with zero attached hydrogens (tertiary/aromatic N) is 4. The van der Waals surface area contributed by atoms with Crippen LogP contribution in [0, 0.1) is 0 Å². The van der Waals surface area contributed by atoms with Crippen LogP contribution < -0.4 is 11.1 Å². The van der Waals surface area contributed by atoms with Gasteiger partial charge in [-0.1, -0.05) is 29.8 Å². The van der Waals surface area contributed by atoms with Crippen LogP contribution in [0.2, 0.25) is 4.34 Å². The summed E-state index contributed by atoms with van der Waals surface area (Å²) < 4.78 is 0.789. The van der Waals surface area contributed by atoms with Gasteiger partial charge in [0.1, 0.15) is 5.82 Å². The molecule has 0 bridgehead atoms. The third-order valence-corrected chi connectivity index (χ3v) is 4.41. The van der Waals surface area contributed by atoms with E-state index >= 15 is 0 Å². The van der Waals surface area contributed by atoms with Crippen LogP contribution in [0.15, 0.2) is 42.5 Å². The second kappa shape index (κ2) is 7.57. The average molecular weight is 361 g/mol. The molecule has 0 unspecified atom stereocenters. The molecule has 0 fully saturated rings. The zero-order valence-electron chi connectivity index (χ0n) is 13.1. The van der Waals surface area contributed by atoms with Gasteiger partial charge < -0.3 is 11.1 Å². The molecule has 3 N–H and O–H groups in total. The molecule has 0 saturated heterocycles. The molecule has 124 valence electrons. The van der Waals surface area contributed by atoms with Gasteiger partial charge in [0.05, 0.1) is 10.9 Å². The highest BCUT2D eigenvalue weighted by Gasteiger charge is 2.09. The standard InChI is InChI=1S/C16H17ClN6S/c1-23(9-12-7-8-13(17)24-12)10-14-20-15(18)22-16(21-14)19-11-5-3-2-4-6-11/h2-8H,9-10H2,1H3,(H3,18,19,20,21,22). The highest BCUT2D eigenvalue weighted by Crippen LogP contribution is 2.22. The quantitative estimate of drug-likeness (QED) is 0.699. The molecule has 0 saturated carbocycles. The van der Waals surface area contributed by atoms with E-state index < -0.39 is 0 Å². The molecule has 0 radical (unpaired) electrons. The number of nitrogen functional groups attached to an aromatic ring is 1. The monoisotopic (exact) mass is 360 g/mol. The molecule has 0 aliphatic heterocycles. The normalized spacial score (nSPS) is 11.0. The Hall–Kier alpha value is -2.22. The van der Waals surface area contributed by atoms with Gasteiger partial charge >= 0.3 is 0 Å². The summed E-state index contributed by atoms with van der Waals surface area (Å²) in [7, 11) is 2.00. The number of nitrogens with two attached hydrogens (primary N) is 1. The minimum Gasteiger partial charge on any atom is -0.368 e. The van der Waals surface area contributed by atoms with E-state index in [0.29, 0.717) is 18.3 Å². The molecule has 2 heterocycles. The zero-order chi connectivity index (χ0) is 16.9. The van der Waals surface area contributed by atoms with Gasteiger partial charge in [0.15, 0.2) is 0 Å². The van der Waals surface area contributed by atoms with Gasteiger partial charge in [-0.3, -0.25) is 4.90 Å². The summed E-state index contributed by atoms with van der Waals surface area (Å²) in [6.45, 7) is 1.33. The second-order valence-electron chi connectivity index (χ2n) is 5.30. The first-order valence-corrected chi connectivity index (χ1v) is 8.53. The van der Waals surface area contributed by atoms with Gasteiger partial charge in [-0.25, -0.2) is 0 Å². The molecule has 0 aliphatic carbocycles. The Labute approximate surface area is 149 Å². The zero-order valence-corrected chi connectivity index (χ0v) is 14.7. The van der Waals surface area contributed by atoms with Crippen molar-refractivity contribution < 1.29 is 0 Å². The van der Waals surface area contributed by atoms with Crippen molar-refractivity contribution in [1.82, 2.24) is 19.9 Å². The number of halogens is 1. The van der Waals surface area contributed by atoms with Gasteiger partial charge in [0, 0.05) is 17.1 Å². The number of hydrogen-bond acceptors (Lipinski definition) is 7. The van der Waals surface area contributed by atoms with E-state index in [-0.39, 0.29) is 5.95 Å². The van der Waals surface area contributed by atoms with Crippen LogP contribution in [-0.2, 0) is 13.1 Å². The maximum atomic E-state index is 5.96. The first kappa shape index (κ1) is 16.6. The fraction of sp³-hybridized carbons (Fsp3) is 0.188. The number of para-hydroxylation sites is 1. The number of benzene rings is 1. The van der Waals surface area contributed by atoms with E-state index in [1.165, 1.54) is 4.88 Å². The Morgan fingerprint density at radius 2 is 1.88 bits per heavy atom. The van der Waals surface area contributed by atoms with Crippen LogP contribution in [0.1, 0.15) is 10.7 Å². The first-order valence-electron chi connectivity index (χ1n) is 7.34. The molecule has 0 aliphatic rings. The van der Waals surface area contributed by atoms with Crippen molar-refractivity contribution in [3.8, 4) is 0 Å². The van der Waals surface area contributed by atoms with E-state index in [2.05, 4.69) is 25.2 Å². The predicted molar refractivity (Wildman–Crippen MR) is 98.5 cm³/mol. The van der Waals surface area contributed by atoms with Crippen LogP contribution in [0.5, 0.6) is 0 Å². The van der Waals surface area contributed by atoms with Crippen molar-refractivity contribution in [3.63, 3.8) is 0 Å². The summed E-state index contributed by atoms with van der Waals surface area (Å²) >= 11 is 7.53. The van der Waals surface area contributed by atoms with Crippen LogP contribution in [0.3, 0.4) is 0 Å². The van der Waals surface area contributed by atoms with Gasteiger partial charge in [-0.2, -0.15) is 15.0 Å². The largest absolute Gasteiger partial charge is 0.368 e. The molecular weight excluding hydrogens is 344 g/mol. The lowest BCUT2D eigenvalue weighted by atomic mass is 10.3. The van der Waals surface area contributed by atoms with E-state index in [9.17, 15) is 0 Å². The van der Waals surface area contributed by atoms with E-state index in [1.54, 1.807) is 11.3 Å². The van der Waals surface area contributed by atoms with Crippen molar-refractivity contribution in [3.05, 3.63) is 57.5 Å². The lowest BCUT2D eigenvalue weighted by Gasteiger charge is -2.15. The number of thiophene rings is 1. The van der Waals surface area contributed by atoms with E-state index in [4.69, 9.17) is 17.3 Å². The van der Waals surface area contributed by atoms with Crippen molar-refractivity contribution in [2.24, 2.45) is 0 Å². The Bertz CT molecular complexity index is 807. The lowest BCUT2D eigenvalue weighted by Crippen LogP contribution is -2.19. The molecule has 1 aromatic carbocycles. The molecule has 3 aromatic rings. The summed E-state index contributed by atoms with van der Waals surface area (Å²) in [5.74, 6) is 1.26. The van der Waals surface area contributed by atoms with Crippen LogP contribution in [0.4, 0.5) is 17.6 Å². The number of hydrogen-bond donors (Lipinski definition) is 2. The first-order chi connectivity index (χ1) is 11.6. The molecule has 6 nitrogen and oxygen atoms in total. The molecular formula is C16H17ClN6S. The fourth-order valence-electron chi connectivity index (χ4n) is 2.22. The van der Waals surface area contributed by atoms with Gasteiger partial charge in [-0.05, 0) is 31.3 Å². The van der Waals surface area contributed by atoms with Crippen molar-refractivity contribution in [2.45, 2.75) is 13.1 Å². The molecule has 0 spiro atoms. The topological polar surface area (TPSA) is 80.0 Å². The maximum Gasteiger partial charge on any atom is 0.232 e. The lowest BCUT2D eigenvalue weighted by molar-refractivity contribution is 0.313. The molecule has 3 rings (SSSR count). The third kappa shape index (κ3) is 4.64. The van der Waals surface area contributed by atoms with Crippen molar-refractivity contribution >= 4 is 40.5 Å². The summed E-state index contributed by atoms with van der Waals surface area (Å²) in [5.41, 5.74) is 6.71. The molecule has 24 heavy (non-hydrogen) atoms. The smallest absolute Gasteiger partial charge is 0.232 e. The fourth-order valence-corrected chi connectivity index (χ4v) is 3.38. The van der Waals surface area contributed by atoms with Crippen LogP contribution in [-0.4, -0.2) is 26.9 Å². The SMILES string of the molecule is CN(Cc1nc(N)nc(Nc2ccccc2)n1)Cc1ccc(Cl)s1. The Morgan fingerprint density at radius 3 is 2.58 bits per heavy atom. The Kier molecular flexibility index (Phi) is 5.24. The molecule has 8 heteroatoms. The molecule has 0 amide bonds. The maximum absolute atomic E-state index is 5.96. The Morgan fingerprint density at radius 1 is 1.08 bits per heavy atom. The minimum absolute atomic E-state index is 0.200. The molecule has 2 aromatic heterocycles. The Balaban J connectivity index is 1.69. The van der Waals surface area contributed by atoms with Crippen molar-refractivity contribution in [2.75, 3.05) is 18.1 Å². The van der Waals surface area contributed by atoms with Gasteiger partial charge in [0.25, 0.3) is 0 Å². The number of aromatic nitrogens is 3. The summed E-state index contributed by atoms with van der Waals surface area (Å²) in [6, 6.07) is 13.6. The number of rotatable bonds is 6. The summed E-state index contributed by atoms with van der Waals surface area (Å²) in [5, 5.41) is 3.14. The number of anilines is 3. The highest BCUT2D eigenvalue weighted by molar-refractivity contribution is 7.16. The average Bonchev–Trinajstić information content (AvgIpc) is 2.92. The predicted octanol–water partition coefficient (Wildman–Crippen LogP) is 3.54. The second-order valence-corrected chi connectivity index (χ2v) is 7.10. The summed E-state index contributed by atoms with van der Waals surface area (Å²) in [4.78, 5) is 16.1. The van der Waals surface area contributed by atoms with Gasteiger partial charge in [0.2, 0.25) is 11.9 Å². The van der Waals surface area contributed by atoms with Gasteiger partial charge in [-0.15, -0.1) is 11.3 Å². The molecule has 0 atom stereocenters. The van der Waals surface area contributed by atoms with Crippen LogP contribution >= 0.6 is 22.9 Å². The summed E-state index contributed by atoms with van der Waals surface area (Å²) in [6.07, 6.45) is 0. The number of nitrogens with one attached hydrogen (secondary N) is 1. The van der Waals surface area contributed by atoms with E-state index in [1.807, 2.05) is 49.5 Å².